The summed E-state index contributed by atoms with van der Waals surface area (Å²) in [5.41, 5.74) is 2.22. The van der Waals surface area contributed by atoms with Gasteiger partial charge in [-0.3, -0.25) is 4.98 Å². The van der Waals surface area contributed by atoms with Crippen LogP contribution >= 0.6 is 0 Å². The first-order valence-corrected chi connectivity index (χ1v) is 7.27. The first kappa shape index (κ1) is 14.1. The van der Waals surface area contributed by atoms with Crippen LogP contribution in [0.2, 0.25) is 0 Å². The number of likely N-dealkylation sites (N-methyl/N-ethyl adjacent to an activating group) is 1. The van der Waals surface area contributed by atoms with Crippen molar-refractivity contribution in [3.8, 4) is 0 Å². The van der Waals surface area contributed by atoms with Gasteiger partial charge in [0.05, 0.1) is 30.4 Å². The molecule has 0 unspecified atom stereocenters. The van der Waals surface area contributed by atoms with Gasteiger partial charge in [-0.05, 0) is 31.2 Å². The summed E-state index contributed by atoms with van der Waals surface area (Å²) >= 11 is 0. The molecule has 1 aliphatic rings. The van der Waals surface area contributed by atoms with E-state index in [-0.39, 0.29) is 0 Å². The number of ether oxygens (including phenoxy) is 1. The molecule has 0 bridgehead atoms. The smallest absolute Gasteiger partial charge is 0.0641 e. The number of hydrogen-bond acceptors (Lipinski definition) is 4. The van der Waals surface area contributed by atoms with E-state index in [2.05, 4.69) is 35.2 Å². The Kier molecular flexibility index (Phi) is 5.45. The zero-order chi connectivity index (χ0) is 13.5. The fourth-order valence-electron chi connectivity index (χ4n) is 1.87. The van der Waals surface area contributed by atoms with E-state index < -0.39 is 0 Å². The molecule has 0 spiro atoms. The molecule has 0 aromatic carbocycles. The maximum absolute atomic E-state index is 5.67. The highest BCUT2D eigenvalue weighted by Gasteiger charge is 2.20. The van der Waals surface area contributed by atoms with Gasteiger partial charge in [0.25, 0.3) is 0 Å². The summed E-state index contributed by atoms with van der Waals surface area (Å²) in [6.45, 7) is 5.78. The maximum Gasteiger partial charge on any atom is 0.0641 e. The molecule has 2 rings (SSSR count). The molecule has 1 aromatic heterocycles. The Morgan fingerprint density at radius 3 is 3.00 bits per heavy atom. The van der Waals surface area contributed by atoms with E-state index in [9.17, 15) is 0 Å². The molecule has 4 heteroatoms. The third-order valence-corrected chi connectivity index (χ3v) is 3.37. The van der Waals surface area contributed by atoms with Crippen LogP contribution in [0, 0.1) is 5.92 Å². The largest absolute Gasteiger partial charge is 0.384 e. The highest BCUT2D eigenvalue weighted by Crippen LogP contribution is 2.28. The van der Waals surface area contributed by atoms with Gasteiger partial charge in [0.1, 0.15) is 0 Å². The minimum Gasteiger partial charge on any atom is -0.384 e. The molecule has 19 heavy (non-hydrogen) atoms. The van der Waals surface area contributed by atoms with Gasteiger partial charge >= 0.3 is 0 Å². The SMILES string of the molecule is CCCNc1cncc(N(C)CCOCC2CC2)c1. The number of aromatic nitrogens is 1. The molecule has 0 atom stereocenters. The van der Waals surface area contributed by atoms with Crippen molar-refractivity contribution in [1.29, 1.82) is 0 Å². The molecule has 1 aromatic rings. The Bertz CT molecular complexity index is 379. The van der Waals surface area contributed by atoms with E-state index in [4.69, 9.17) is 4.74 Å². The topological polar surface area (TPSA) is 37.4 Å². The van der Waals surface area contributed by atoms with Gasteiger partial charge in [0.2, 0.25) is 0 Å². The molecular weight excluding hydrogens is 238 g/mol. The first-order valence-electron chi connectivity index (χ1n) is 7.27. The van der Waals surface area contributed by atoms with Crippen LogP contribution in [0.1, 0.15) is 26.2 Å². The van der Waals surface area contributed by atoms with E-state index in [1.807, 2.05) is 12.4 Å². The number of pyridine rings is 1. The summed E-state index contributed by atoms with van der Waals surface area (Å²) in [5.74, 6) is 0.841. The summed E-state index contributed by atoms with van der Waals surface area (Å²) < 4.78 is 5.67. The van der Waals surface area contributed by atoms with Crippen molar-refractivity contribution in [2.45, 2.75) is 26.2 Å². The molecule has 0 radical (unpaired) electrons. The highest BCUT2D eigenvalue weighted by molar-refractivity contribution is 5.55. The lowest BCUT2D eigenvalue weighted by atomic mass is 10.3. The molecule has 0 aliphatic heterocycles. The van der Waals surface area contributed by atoms with Crippen LogP contribution in [-0.4, -0.2) is 38.3 Å². The second kappa shape index (κ2) is 7.34. The lowest BCUT2D eigenvalue weighted by Crippen LogP contribution is -2.23. The van der Waals surface area contributed by atoms with Crippen LogP contribution in [0.5, 0.6) is 0 Å². The van der Waals surface area contributed by atoms with Crippen LogP contribution in [0.15, 0.2) is 18.5 Å². The minimum absolute atomic E-state index is 0.791. The fourth-order valence-corrected chi connectivity index (χ4v) is 1.87. The summed E-state index contributed by atoms with van der Waals surface area (Å²) in [4.78, 5) is 6.47. The first-order chi connectivity index (χ1) is 9.29. The van der Waals surface area contributed by atoms with Crippen molar-refractivity contribution in [3.05, 3.63) is 18.5 Å². The quantitative estimate of drug-likeness (QED) is 0.695. The molecule has 1 N–H and O–H groups in total. The van der Waals surface area contributed by atoms with E-state index in [1.54, 1.807) is 0 Å². The number of rotatable bonds is 9. The maximum atomic E-state index is 5.67. The molecule has 1 fully saturated rings. The standard InChI is InChI=1S/C15H25N3O/c1-3-6-17-14-9-15(11-16-10-14)18(2)7-8-19-12-13-4-5-13/h9-11,13,17H,3-8,12H2,1-2H3. The second-order valence-electron chi connectivity index (χ2n) is 5.30. The van der Waals surface area contributed by atoms with Gasteiger partial charge < -0.3 is 15.0 Å². The van der Waals surface area contributed by atoms with Gasteiger partial charge in [-0.1, -0.05) is 6.92 Å². The Hall–Kier alpha value is -1.29. The van der Waals surface area contributed by atoms with Crippen molar-refractivity contribution < 1.29 is 4.74 Å². The van der Waals surface area contributed by atoms with Gasteiger partial charge in [-0.2, -0.15) is 0 Å². The molecular formula is C15H25N3O. The molecule has 0 amide bonds. The molecule has 0 saturated heterocycles. The molecule has 1 heterocycles. The zero-order valence-corrected chi connectivity index (χ0v) is 12.1. The van der Waals surface area contributed by atoms with Crippen LogP contribution in [-0.2, 0) is 4.74 Å². The minimum atomic E-state index is 0.791. The van der Waals surface area contributed by atoms with Crippen molar-refractivity contribution in [2.75, 3.05) is 43.6 Å². The predicted octanol–water partition coefficient (Wildman–Crippen LogP) is 2.77. The Morgan fingerprint density at radius 2 is 2.26 bits per heavy atom. The normalized spacial score (nSPS) is 14.4. The number of anilines is 2. The number of nitrogens with one attached hydrogen (secondary N) is 1. The van der Waals surface area contributed by atoms with Gasteiger partial charge in [0, 0.05) is 26.7 Å². The van der Waals surface area contributed by atoms with Crippen molar-refractivity contribution in [2.24, 2.45) is 5.92 Å². The predicted molar refractivity (Wildman–Crippen MR) is 79.8 cm³/mol. The monoisotopic (exact) mass is 263 g/mol. The highest BCUT2D eigenvalue weighted by atomic mass is 16.5. The van der Waals surface area contributed by atoms with Gasteiger partial charge in [-0.25, -0.2) is 0 Å². The average Bonchev–Trinajstić information content (AvgIpc) is 3.25. The van der Waals surface area contributed by atoms with Crippen LogP contribution in [0.4, 0.5) is 11.4 Å². The van der Waals surface area contributed by atoms with Gasteiger partial charge in [0.15, 0.2) is 0 Å². The molecule has 1 aliphatic carbocycles. The van der Waals surface area contributed by atoms with Gasteiger partial charge in [-0.15, -0.1) is 0 Å². The van der Waals surface area contributed by atoms with E-state index in [0.717, 1.165) is 50.0 Å². The number of hydrogen-bond donors (Lipinski definition) is 1. The summed E-state index contributed by atoms with van der Waals surface area (Å²) in [6, 6.07) is 2.14. The summed E-state index contributed by atoms with van der Waals surface area (Å²) in [6.07, 6.45) is 7.60. The third-order valence-electron chi connectivity index (χ3n) is 3.37. The van der Waals surface area contributed by atoms with Crippen LogP contribution in [0.3, 0.4) is 0 Å². The molecule has 1 saturated carbocycles. The lowest BCUT2D eigenvalue weighted by Gasteiger charge is -2.19. The van der Waals surface area contributed by atoms with E-state index in [1.165, 1.54) is 12.8 Å². The third kappa shape index (κ3) is 5.07. The summed E-state index contributed by atoms with van der Waals surface area (Å²) in [7, 11) is 2.08. The summed E-state index contributed by atoms with van der Waals surface area (Å²) in [5, 5.41) is 3.36. The Labute approximate surface area is 116 Å². The number of nitrogens with zero attached hydrogens (tertiary/aromatic N) is 2. The van der Waals surface area contributed by atoms with Crippen molar-refractivity contribution >= 4 is 11.4 Å². The molecule has 106 valence electrons. The van der Waals surface area contributed by atoms with Crippen LogP contribution in [0.25, 0.3) is 0 Å². The van der Waals surface area contributed by atoms with Crippen molar-refractivity contribution in [1.82, 2.24) is 4.98 Å². The average molecular weight is 263 g/mol. The fraction of sp³-hybridized carbons (Fsp3) is 0.667. The van der Waals surface area contributed by atoms with Crippen LogP contribution < -0.4 is 10.2 Å². The van der Waals surface area contributed by atoms with E-state index >= 15 is 0 Å². The zero-order valence-electron chi connectivity index (χ0n) is 12.1. The lowest BCUT2D eigenvalue weighted by molar-refractivity contribution is 0.131. The Morgan fingerprint density at radius 1 is 1.42 bits per heavy atom. The molecule has 4 nitrogen and oxygen atoms in total. The van der Waals surface area contributed by atoms with Crippen molar-refractivity contribution in [3.63, 3.8) is 0 Å². The van der Waals surface area contributed by atoms with E-state index in [0.29, 0.717) is 0 Å². The Balaban J connectivity index is 1.74. The second-order valence-corrected chi connectivity index (χ2v) is 5.30.